The van der Waals surface area contributed by atoms with E-state index in [1.54, 1.807) is 0 Å². The second-order valence-corrected chi connectivity index (χ2v) is 1.34. The van der Waals surface area contributed by atoms with E-state index in [9.17, 15) is 0 Å². The van der Waals surface area contributed by atoms with Gasteiger partial charge in [0.25, 0.3) is 0 Å². The second-order valence-electron chi connectivity index (χ2n) is 1.34. The van der Waals surface area contributed by atoms with E-state index in [1.807, 2.05) is 0 Å². The van der Waals surface area contributed by atoms with Crippen molar-refractivity contribution in [3.8, 4) is 0 Å². The summed E-state index contributed by atoms with van der Waals surface area (Å²) in [5.41, 5.74) is 1.22. The fraction of sp³-hybridized carbons (Fsp3) is 0. The summed E-state index contributed by atoms with van der Waals surface area (Å²) in [6.07, 6.45) is 2.50. The summed E-state index contributed by atoms with van der Waals surface area (Å²) in [6, 6.07) is 0. The number of hydrogen-bond acceptors (Lipinski definition) is 3. The Morgan fingerprint density at radius 2 is 2.38 bits per heavy atom. The SMILES string of the molecule is [c]1nc2n[nH]nc2[nH]1. The van der Waals surface area contributed by atoms with E-state index in [0.29, 0.717) is 11.3 Å². The maximum atomic E-state index is 3.69. The summed E-state index contributed by atoms with van der Waals surface area (Å²) in [6.45, 7) is 0. The minimum atomic E-state index is 0.574. The van der Waals surface area contributed by atoms with Gasteiger partial charge in [-0.3, -0.25) is 0 Å². The lowest BCUT2D eigenvalue weighted by molar-refractivity contribution is 0.941. The van der Waals surface area contributed by atoms with Gasteiger partial charge in [0.1, 0.15) is 0 Å². The lowest BCUT2D eigenvalue weighted by atomic mass is 10.8. The van der Waals surface area contributed by atoms with Crippen molar-refractivity contribution < 1.29 is 0 Å². The number of fused-ring (bicyclic) bond motifs is 1. The first-order valence-corrected chi connectivity index (χ1v) is 2.09. The van der Waals surface area contributed by atoms with Crippen LogP contribution in [0.25, 0.3) is 11.3 Å². The molecule has 0 bridgehead atoms. The average Bonchev–Trinajstić information content (AvgIpc) is 2.15. The number of aromatic amines is 2. The lowest BCUT2D eigenvalue weighted by Gasteiger charge is -1.59. The molecule has 0 unspecified atom stereocenters. The Balaban J connectivity index is 3.06. The smallest absolute Gasteiger partial charge is 0.220 e. The molecule has 2 aromatic rings. The standard InChI is InChI=1S/C3H2N5/c1-4-2-3(5-1)7-8-6-2/h(H2,4,5,6,7,8). The van der Waals surface area contributed by atoms with Gasteiger partial charge in [0, 0.05) is 0 Å². The highest BCUT2D eigenvalue weighted by Gasteiger charge is 1.95. The van der Waals surface area contributed by atoms with Crippen molar-refractivity contribution in [3.05, 3.63) is 6.33 Å². The Bertz CT molecular complexity index is 229. The van der Waals surface area contributed by atoms with Gasteiger partial charge in [-0.05, 0) is 0 Å². The normalized spacial score (nSPS) is 10.5. The third-order valence-electron chi connectivity index (χ3n) is 0.866. The minimum absolute atomic E-state index is 0.574. The molecule has 0 saturated carbocycles. The number of imidazole rings is 1. The molecule has 0 amide bonds. The molecule has 39 valence electrons. The van der Waals surface area contributed by atoms with Crippen LogP contribution in [-0.2, 0) is 0 Å². The van der Waals surface area contributed by atoms with E-state index >= 15 is 0 Å². The molecule has 5 nitrogen and oxygen atoms in total. The van der Waals surface area contributed by atoms with E-state index < -0.39 is 0 Å². The molecule has 0 aliphatic heterocycles. The zero-order valence-electron chi connectivity index (χ0n) is 3.84. The fourth-order valence-corrected chi connectivity index (χ4v) is 0.521. The van der Waals surface area contributed by atoms with Crippen LogP contribution in [0.1, 0.15) is 0 Å². The Labute approximate surface area is 44.1 Å². The molecule has 0 saturated heterocycles. The maximum absolute atomic E-state index is 3.69. The van der Waals surface area contributed by atoms with E-state index in [0.717, 1.165) is 0 Å². The Morgan fingerprint density at radius 3 is 3.25 bits per heavy atom. The summed E-state index contributed by atoms with van der Waals surface area (Å²) < 4.78 is 0. The zero-order valence-corrected chi connectivity index (χ0v) is 3.84. The number of hydrogen-bond donors (Lipinski definition) is 2. The van der Waals surface area contributed by atoms with Crippen molar-refractivity contribution in [1.29, 1.82) is 0 Å². The summed E-state index contributed by atoms with van der Waals surface area (Å²) >= 11 is 0. The highest BCUT2D eigenvalue weighted by Crippen LogP contribution is 1.94. The van der Waals surface area contributed by atoms with Gasteiger partial charge in [-0.2, -0.15) is 5.21 Å². The van der Waals surface area contributed by atoms with Crippen LogP contribution in [0.15, 0.2) is 0 Å². The molecule has 0 atom stereocenters. The van der Waals surface area contributed by atoms with Crippen molar-refractivity contribution in [2.24, 2.45) is 0 Å². The van der Waals surface area contributed by atoms with Crippen molar-refractivity contribution >= 4 is 11.3 Å². The average molecular weight is 108 g/mol. The Kier molecular flexibility index (Phi) is 0.476. The molecule has 2 aromatic heterocycles. The molecule has 0 aromatic carbocycles. The Morgan fingerprint density at radius 1 is 1.38 bits per heavy atom. The molecule has 8 heavy (non-hydrogen) atoms. The minimum Gasteiger partial charge on any atom is -0.317 e. The van der Waals surface area contributed by atoms with Gasteiger partial charge < -0.3 is 4.98 Å². The van der Waals surface area contributed by atoms with E-state index in [-0.39, 0.29) is 0 Å². The summed E-state index contributed by atoms with van der Waals surface area (Å²) in [7, 11) is 0. The van der Waals surface area contributed by atoms with Crippen LogP contribution in [0.3, 0.4) is 0 Å². The summed E-state index contributed by atoms with van der Waals surface area (Å²) in [5.74, 6) is 0. The fourth-order valence-electron chi connectivity index (χ4n) is 0.521. The molecule has 2 N–H and O–H groups in total. The number of nitrogens with zero attached hydrogens (tertiary/aromatic N) is 3. The predicted octanol–water partition coefficient (Wildman–Crippen LogP) is -0.519. The van der Waals surface area contributed by atoms with Gasteiger partial charge in [0.15, 0.2) is 6.33 Å². The van der Waals surface area contributed by atoms with E-state index in [2.05, 4.69) is 31.7 Å². The number of aromatic nitrogens is 5. The van der Waals surface area contributed by atoms with Crippen molar-refractivity contribution in [2.75, 3.05) is 0 Å². The van der Waals surface area contributed by atoms with Crippen LogP contribution < -0.4 is 0 Å². The quantitative estimate of drug-likeness (QED) is 0.477. The second kappa shape index (κ2) is 1.06. The molecule has 5 heteroatoms. The van der Waals surface area contributed by atoms with E-state index in [4.69, 9.17) is 0 Å². The molecular formula is C3H2N5. The molecule has 0 aliphatic carbocycles. The van der Waals surface area contributed by atoms with Crippen molar-refractivity contribution in [2.45, 2.75) is 0 Å². The van der Waals surface area contributed by atoms with Crippen molar-refractivity contribution in [1.82, 2.24) is 25.4 Å². The highest BCUT2D eigenvalue weighted by molar-refractivity contribution is 5.62. The van der Waals surface area contributed by atoms with Crippen LogP contribution in [0, 0.1) is 6.33 Å². The highest BCUT2D eigenvalue weighted by atomic mass is 15.4. The Hall–Kier alpha value is -1.39. The molecular weight excluding hydrogens is 106 g/mol. The largest absolute Gasteiger partial charge is 0.317 e. The number of H-pyrrole nitrogens is 2. The number of nitrogens with one attached hydrogen (secondary N) is 2. The molecule has 1 radical (unpaired) electrons. The van der Waals surface area contributed by atoms with Crippen LogP contribution >= 0.6 is 0 Å². The van der Waals surface area contributed by atoms with Gasteiger partial charge in [-0.25, -0.2) is 4.98 Å². The molecule has 0 fully saturated rings. The monoisotopic (exact) mass is 108 g/mol. The zero-order chi connectivity index (χ0) is 5.40. The third-order valence-corrected chi connectivity index (χ3v) is 0.866. The first kappa shape index (κ1) is 3.59. The van der Waals surface area contributed by atoms with Gasteiger partial charge in [-0.1, -0.05) is 0 Å². The van der Waals surface area contributed by atoms with Crippen LogP contribution in [0.2, 0.25) is 0 Å². The number of rotatable bonds is 0. The first-order valence-electron chi connectivity index (χ1n) is 2.09. The molecule has 2 heterocycles. The summed E-state index contributed by atoms with van der Waals surface area (Å²) in [4.78, 5) is 6.35. The van der Waals surface area contributed by atoms with E-state index in [1.165, 1.54) is 0 Å². The van der Waals surface area contributed by atoms with Crippen LogP contribution in [0.5, 0.6) is 0 Å². The van der Waals surface area contributed by atoms with Crippen LogP contribution in [0.4, 0.5) is 0 Å². The maximum Gasteiger partial charge on any atom is 0.220 e. The van der Waals surface area contributed by atoms with Gasteiger partial charge in [-0.15, -0.1) is 10.2 Å². The third kappa shape index (κ3) is 0.281. The van der Waals surface area contributed by atoms with Gasteiger partial charge >= 0.3 is 0 Å². The topological polar surface area (TPSA) is 70.2 Å². The summed E-state index contributed by atoms with van der Waals surface area (Å²) in [5, 5.41) is 9.77. The van der Waals surface area contributed by atoms with Gasteiger partial charge in [0.05, 0.1) is 0 Å². The first-order chi connectivity index (χ1) is 3.97. The van der Waals surface area contributed by atoms with Crippen molar-refractivity contribution in [3.63, 3.8) is 0 Å². The lowest BCUT2D eigenvalue weighted by Crippen LogP contribution is -1.69. The van der Waals surface area contributed by atoms with Crippen LogP contribution in [-0.4, -0.2) is 25.4 Å². The molecule has 2 rings (SSSR count). The predicted molar refractivity (Wildman–Crippen MR) is 24.9 cm³/mol. The van der Waals surface area contributed by atoms with Gasteiger partial charge in [0.2, 0.25) is 11.3 Å². The molecule has 0 spiro atoms. The molecule has 0 aliphatic rings.